The Balaban J connectivity index is 1.71. The van der Waals surface area contributed by atoms with Crippen LogP contribution in [0.2, 0.25) is 5.02 Å². The Morgan fingerprint density at radius 2 is 1.80 bits per heavy atom. The molecular weight excluding hydrogens is 344 g/mol. The molecule has 5 heteroatoms. The van der Waals surface area contributed by atoms with Gasteiger partial charge >= 0.3 is 0 Å². The monoisotopic (exact) mass is 363 g/mol. The molecule has 1 unspecified atom stereocenters. The lowest BCUT2D eigenvalue weighted by molar-refractivity contribution is -0.120. The van der Waals surface area contributed by atoms with Gasteiger partial charge in [0.15, 0.2) is 0 Å². The molecule has 1 amide bonds. The summed E-state index contributed by atoms with van der Waals surface area (Å²) in [5.74, 6) is -1.29. The van der Waals surface area contributed by atoms with Gasteiger partial charge in [-0.2, -0.15) is 0 Å². The minimum absolute atomic E-state index is 0.132. The van der Waals surface area contributed by atoms with Crippen LogP contribution >= 0.6 is 11.6 Å². The van der Waals surface area contributed by atoms with Crippen molar-refractivity contribution in [3.63, 3.8) is 0 Å². The second-order valence-corrected chi connectivity index (χ2v) is 7.78. The number of carbonyl (C=O) groups is 1. The molecule has 2 aromatic rings. The first-order valence-electron chi connectivity index (χ1n) is 8.20. The quantitative estimate of drug-likeness (QED) is 0.823. The molecule has 1 saturated carbocycles. The molecular formula is C20H20ClF2NO. The van der Waals surface area contributed by atoms with E-state index in [0.717, 1.165) is 18.1 Å². The lowest BCUT2D eigenvalue weighted by Gasteiger charge is -2.22. The van der Waals surface area contributed by atoms with Gasteiger partial charge in [0.1, 0.15) is 11.6 Å². The van der Waals surface area contributed by atoms with E-state index >= 15 is 0 Å². The molecule has 0 aromatic heterocycles. The van der Waals surface area contributed by atoms with Gasteiger partial charge in [-0.15, -0.1) is 0 Å². The Bertz CT molecular complexity index is 804. The molecule has 0 bridgehead atoms. The van der Waals surface area contributed by atoms with Crippen molar-refractivity contribution in [3.05, 3.63) is 70.2 Å². The van der Waals surface area contributed by atoms with Crippen LogP contribution in [-0.4, -0.2) is 12.5 Å². The number of hydrogen-bond donors (Lipinski definition) is 1. The van der Waals surface area contributed by atoms with Crippen molar-refractivity contribution in [2.75, 3.05) is 6.54 Å². The summed E-state index contributed by atoms with van der Waals surface area (Å²) in [4.78, 5) is 12.3. The van der Waals surface area contributed by atoms with Gasteiger partial charge in [0.05, 0.1) is 6.42 Å². The molecule has 0 spiro atoms. The van der Waals surface area contributed by atoms with Crippen LogP contribution in [-0.2, 0) is 16.6 Å². The molecule has 0 saturated heterocycles. The van der Waals surface area contributed by atoms with Crippen LogP contribution in [0.25, 0.3) is 0 Å². The van der Waals surface area contributed by atoms with E-state index in [1.807, 2.05) is 13.8 Å². The van der Waals surface area contributed by atoms with Crippen molar-refractivity contribution in [1.29, 1.82) is 0 Å². The summed E-state index contributed by atoms with van der Waals surface area (Å²) in [7, 11) is 0. The highest BCUT2D eigenvalue weighted by Crippen LogP contribution is 2.64. The van der Waals surface area contributed by atoms with Crippen LogP contribution in [0, 0.1) is 17.0 Å². The van der Waals surface area contributed by atoms with Crippen molar-refractivity contribution in [3.8, 4) is 0 Å². The van der Waals surface area contributed by atoms with Crippen LogP contribution in [0.1, 0.15) is 31.4 Å². The number of amides is 1. The predicted octanol–water partition coefficient (Wildman–Crippen LogP) is 4.64. The lowest BCUT2D eigenvalue weighted by atomic mass is 9.87. The zero-order valence-corrected chi connectivity index (χ0v) is 15.0. The van der Waals surface area contributed by atoms with Crippen molar-refractivity contribution in [1.82, 2.24) is 5.32 Å². The van der Waals surface area contributed by atoms with Gasteiger partial charge in [-0.3, -0.25) is 4.79 Å². The smallest absolute Gasteiger partial charge is 0.224 e. The van der Waals surface area contributed by atoms with Gasteiger partial charge in [0, 0.05) is 23.0 Å². The van der Waals surface area contributed by atoms with E-state index in [2.05, 4.69) is 5.32 Å². The predicted molar refractivity (Wildman–Crippen MR) is 94.6 cm³/mol. The topological polar surface area (TPSA) is 29.1 Å². The van der Waals surface area contributed by atoms with Crippen LogP contribution < -0.4 is 5.32 Å². The summed E-state index contributed by atoms with van der Waals surface area (Å²) in [5.41, 5.74) is 0.671. The van der Waals surface area contributed by atoms with E-state index in [4.69, 9.17) is 11.6 Å². The molecule has 0 aliphatic heterocycles. The second-order valence-electron chi connectivity index (χ2n) is 7.35. The first kappa shape index (κ1) is 17.9. The van der Waals surface area contributed by atoms with E-state index in [-0.39, 0.29) is 17.7 Å². The van der Waals surface area contributed by atoms with Crippen molar-refractivity contribution >= 4 is 17.5 Å². The molecule has 1 N–H and O–H groups in total. The summed E-state index contributed by atoms with van der Waals surface area (Å²) in [6.07, 6.45) is 0.976. The van der Waals surface area contributed by atoms with E-state index in [0.29, 0.717) is 17.1 Å². The van der Waals surface area contributed by atoms with Crippen LogP contribution in [0.5, 0.6) is 0 Å². The van der Waals surface area contributed by atoms with Gasteiger partial charge in [0.25, 0.3) is 0 Å². The average Bonchev–Trinajstić information content (AvgIpc) is 3.10. The van der Waals surface area contributed by atoms with Gasteiger partial charge in [-0.05, 0) is 41.2 Å². The van der Waals surface area contributed by atoms with Crippen molar-refractivity contribution in [2.45, 2.75) is 32.1 Å². The summed E-state index contributed by atoms with van der Waals surface area (Å²) >= 11 is 5.84. The first-order valence-corrected chi connectivity index (χ1v) is 8.58. The van der Waals surface area contributed by atoms with Crippen LogP contribution in [0.4, 0.5) is 8.78 Å². The lowest BCUT2D eigenvalue weighted by Crippen LogP contribution is -2.36. The van der Waals surface area contributed by atoms with Gasteiger partial charge < -0.3 is 5.32 Å². The Morgan fingerprint density at radius 3 is 2.36 bits per heavy atom. The third-order valence-corrected chi connectivity index (χ3v) is 5.48. The first-order chi connectivity index (χ1) is 11.7. The largest absolute Gasteiger partial charge is 0.355 e. The fourth-order valence-electron chi connectivity index (χ4n) is 3.54. The molecule has 1 aliphatic rings. The molecule has 0 heterocycles. The maximum atomic E-state index is 14.3. The minimum atomic E-state index is -0.596. The fourth-order valence-corrected chi connectivity index (χ4v) is 3.67. The van der Waals surface area contributed by atoms with E-state index < -0.39 is 17.0 Å². The third kappa shape index (κ3) is 3.54. The molecule has 3 rings (SSSR count). The maximum Gasteiger partial charge on any atom is 0.224 e. The standard InChI is InChI=1S/C20H20ClF2NO/c1-19(2)11-20(19,16-8-7-15(22)10-17(16)23)12-24-18(25)9-13-3-5-14(21)6-4-13/h3-8,10H,9,11-12H2,1-2H3,(H,24,25). The molecule has 0 radical (unpaired) electrons. The van der Waals surface area contributed by atoms with E-state index in [1.165, 1.54) is 12.1 Å². The fraction of sp³-hybridized carbons (Fsp3) is 0.350. The van der Waals surface area contributed by atoms with Crippen molar-refractivity contribution in [2.24, 2.45) is 5.41 Å². The zero-order chi connectivity index (χ0) is 18.2. The van der Waals surface area contributed by atoms with Crippen LogP contribution in [0.15, 0.2) is 42.5 Å². The summed E-state index contributed by atoms with van der Waals surface area (Å²) in [6.45, 7) is 4.39. The number of benzene rings is 2. The van der Waals surface area contributed by atoms with E-state index in [9.17, 15) is 13.6 Å². The Labute approximate surface area is 151 Å². The molecule has 25 heavy (non-hydrogen) atoms. The minimum Gasteiger partial charge on any atom is -0.355 e. The zero-order valence-electron chi connectivity index (χ0n) is 14.2. The molecule has 132 valence electrons. The van der Waals surface area contributed by atoms with Crippen molar-refractivity contribution < 1.29 is 13.6 Å². The Hall–Kier alpha value is -1.94. The second kappa shape index (κ2) is 6.41. The van der Waals surface area contributed by atoms with Crippen LogP contribution in [0.3, 0.4) is 0 Å². The molecule has 1 aliphatic carbocycles. The molecule has 2 aromatic carbocycles. The Morgan fingerprint density at radius 1 is 1.16 bits per heavy atom. The maximum absolute atomic E-state index is 14.3. The number of nitrogens with one attached hydrogen (secondary N) is 1. The number of hydrogen-bond acceptors (Lipinski definition) is 1. The highest BCUT2D eigenvalue weighted by Gasteiger charge is 2.62. The van der Waals surface area contributed by atoms with Gasteiger partial charge in [0.2, 0.25) is 5.91 Å². The summed E-state index contributed by atoms with van der Waals surface area (Å²) in [5, 5.41) is 3.53. The molecule has 2 nitrogen and oxygen atoms in total. The van der Waals surface area contributed by atoms with E-state index in [1.54, 1.807) is 24.3 Å². The highest BCUT2D eigenvalue weighted by atomic mass is 35.5. The number of halogens is 3. The average molecular weight is 364 g/mol. The molecule has 1 atom stereocenters. The SMILES string of the molecule is CC1(C)CC1(CNC(=O)Cc1ccc(Cl)cc1)c1ccc(F)cc1F. The third-order valence-electron chi connectivity index (χ3n) is 5.23. The highest BCUT2D eigenvalue weighted by molar-refractivity contribution is 6.30. The number of carbonyl (C=O) groups excluding carboxylic acids is 1. The van der Waals surface area contributed by atoms with Gasteiger partial charge in [-0.25, -0.2) is 8.78 Å². The Kier molecular flexibility index (Phi) is 4.58. The summed E-state index contributed by atoms with van der Waals surface area (Å²) in [6, 6.07) is 10.7. The molecule has 1 fully saturated rings. The normalized spacial score (nSPS) is 21.0. The van der Waals surface area contributed by atoms with Gasteiger partial charge in [-0.1, -0.05) is 43.6 Å². The number of rotatable bonds is 5. The summed E-state index contributed by atoms with van der Waals surface area (Å²) < 4.78 is 27.5.